The summed E-state index contributed by atoms with van der Waals surface area (Å²) in [6, 6.07) is 24.5. The van der Waals surface area contributed by atoms with E-state index in [1.54, 1.807) is 23.5 Å². The summed E-state index contributed by atoms with van der Waals surface area (Å²) in [5, 5.41) is 0. The highest BCUT2D eigenvalue weighted by molar-refractivity contribution is 8.25. The Labute approximate surface area is 180 Å². The van der Waals surface area contributed by atoms with E-state index in [1.165, 1.54) is 14.0 Å². The molecule has 0 saturated heterocycles. The maximum Gasteiger partial charge on any atom is 0.118 e. The summed E-state index contributed by atoms with van der Waals surface area (Å²) in [6.07, 6.45) is 0. The molecule has 6 heteroatoms. The molecule has 4 nitrogen and oxygen atoms in total. The Morgan fingerprint density at radius 1 is 0.433 bits per heavy atom. The van der Waals surface area contributed by atoms with Gasteiger partial charge in [0, 0.05) is 9.79 Å². The smallest absolute Gasteiger partial charge is 0.118 e. The normalized spacial score (nSPS) is 14.3. The average Bonchev–Trinajstić information content (AvgIpc) is 3.34. The van der Waals surface area contributed by atoms with Gasteiger partial charge in [0.2, 0.25) is 0 Å². The molecule has 0 spiro atoms. The van der Waals surface area contributed by atoms with E-state index in [9.17, 15) is 0 Å². The van der Waals surface area contributed by atoms with Crippen molar-refractivity contribution in [3.8, 4) is 11.4 Å². The molecule has 1 aliphatic carbocycles. The molecule has 0 atom stereocenters. The largest absolute Gasteiger partial charge is 0.244 e. The van der Waals surface area contributed by atoms with Crippen LogP contribution in [-0.2, 0) is 0 Å². The number of hydrogen-bond acceptors (Lipinski definition) is 6. The average molecular weight is 421 g/mol. The summed E-state index contributed by atoms with van der Waals surface area (Å²) >= 11 is 3.56. The number of hydrogen-bond donors (Lipinski definition) is 0. The summed E-state index contributed by atoms with van der Waals surface area (Å²) in [4.78, 5) is 22.5. The Morgan fingerprint density at radius 2 is 0.800 bits per heavy atom. The van der Waals surface area contributed by atoms with Crippen LogP contribution in [0.2, 0.25) is 0 Å². The fourth-order valence-electron chi connectivity index (χ4n) is 3.93. The molecule has 0 fully saturated rings. The zero-order valence-corrected chi connectivity index (χ0v) is 17.2. The maximum atomic E-state index is 5.02. The van der Waals surface area contributed by atoms with Crippen LogP contribution in [0, 0.1) is 0 Å². The third-order valence-electron chi connectivity index (χ3n) is 5.30. The Hall–Kier alpha value is -3.22. The molecular formula is C24H12N4S2. The minimum absolute atomic E-state index is 0.821. The SMILES string of the molecule is c1ccc2c(c1)SC(=C1c3nc4ccccc4nc3-c3nc4ccccc4nc31)S2. The quantitative estimate of drug-likeness (QED) is 0.293. The van der Waals surface area contributed by atoms with Gasteiger partial charge in [-0.2, -0.15) is 0 Å². The Balaban J connectivity index is 1.58. The monoisotopic (exact) mass is 420 g/mol. The Morgan fingerprint density at radius 3 is 1.23 bits per heavy atom. The molecule has 2 aromatic heterocycles. The number of fused-ring (bicyclic) bond motifs is 6. The van der Waals surface area contributed by atoms with Gasteiger partial charge in [0.05, 0.1) is 31.9 Å². The molecule has 30 heavy (non-hydrogen) atoms. The molecule has 0 amide bonds. The molecule has 0 radical (unpaired) electrons. The van der Waals surface area contributed by atoms with Crippen LogP contribution in [0.4, 0.5) is 0 Å². The predicted molar refractivity (Wildman–Crippen MR) is 122 cm³/mol. The zero-order valence-electron chi connectivity index (χ0n) is 15.5. The van der Waals surface area contributed by atoms with Gasteiger partial charge in [-0.05, 0) is 36.4 Å². The molecule has 3 aromatic carbocycles. The summed E-state index contributed by atoms with van der Waals surface area (Å²) < 4.78 is 1.19. The minimum Gasteiger partial charge on any atom is -0.244 e. The molecule has 0 saturated carbocycles. The van der Waals surface area contributed by atoms with Crippen molar-refractivity contribution in [2.45, 2.75) is 9.79 Å². The molecule has 0 N–H and O–H groups in total. The van der Waals surface area contributed by atoms with Crippen molar-refractivity contribution in [3.05, 3.63) is 88.4 Å². The molecular weight excluding hydrogens is 408 g/mol. The number of nitrogens with zero attached hydrogens (tertiary/aromatic N) is 4. The van der Waals surface area contributed by atoms with E-state index in [0.29, 0.717) is 0 Å². The lowest BCUT2D eigenvalue weighted by Gasteiger charge is -2.06. The number of thioether (sulfide) groups is 2. The minimum atomic E-state index is 0.821. The maximum absolute atomic E-state index is 5.02. The fourth-order valence-corrected chi connectivity index (χ4v) is 6.50. The van der Waals surface area contributed by atoms with Crippen LogP contribution in [0.15, 0.2) is 86.8 Å². The van der Waals surface area contributed by atoms with Gasteiger partial charge >= 0.3 is 0 Å². The van der Waals surface area contributed by atoms with E-state index < -0.39 is 0 Å². The van der Waals surface area contributed by atoms with E-state index >= 15 is 0 Å². The highest BCUT2D eigenvalue weighted by atomic mass is 32.2. The highest BCUT2D eigenvalue weighted by Gasteiger charge is 2.35. The Bertz CT molecular complexity index is 1440. The molecule has 3 heterocycles. The van der Waals surface area contributed by atoms with Crippen LogP contribution in [0.3, 0.4) is 0 Å². The van der Waals surface area contributed by atoms with Crippen molar-refractivity contribution < 1.29 is 0 Å². The Kier molecular flexibility index (Phi) is 3.39. The van der Waals surface area contributed by atoms with Crippen LogP contribution >= 0.6 is 23.5 Å². The van der Waals surface area contributed by atoms with Crippen molar-refractivity contribution in [1.29, 1.82) is 0 Å². The molecule has 0 bridgehead atoms. The van der Waals surface area contributed by atoms with Crippen molar-refractivity contribution in [2.24, 2.45) is 0 Å². The van der Waals surface area contributed by atoms with Crippen LogP contribution in [0.25, 0.3) is 39.0 Å². The van der Waals surface area contributed by atoms with Crippen LogP contribution < -0.4 is 0 Å². The number of para-hydroxylation sites is 4. The topological polar surface area (TPSA) is 51.6 Å². The lowest BCUT2D eigenvalue weighted by Crippen LogP contribution is -1.93. The van der Waals surface area contributed by atoms with Gasteiger partial charge in [-0.3, -0.25) is 0 Å². The fraction of sp³-hybridized carbons (Fsp3) is 0. The van der Waals surface area contributed by atoms with Gasteiger partial charge in [0.25, 0.3) is 0 Å². The van der Waals surface area contributed by atoms with Crippen molar-refractivity contribution in [1.82, 2.24) is 19.9 Å². The van der Waals surface area contributed by atoms with Gasteiger partial charge in [-0.1, -0.05) is 59.9 Å². The first kappa shape index (κ1) is 16.6. The third kappa shape index (κ3) is 2.32. The number of rotatable bonds is 0. The second-order valence-electron chi connectivity index (χ2n) is 7.13. The lowest BCUT2D eigenvalue weighted by molar-refractivity contribution is 1.24. The van der Waals surface area contributed by atoms with Crippen LogP contribution in [-0.4, -0.2) is 19.9 Å². The predicted octanol–water partition coefficient (Wildman–Crippen LogP) is 6.17. The molecule has 1 aliphatic heterocycles. The van der Waals surface area contributed by atoms with Gasteiger partial charge in [-0.15, -0.1) is 0 Å². The van der Waals surface area contributed by atoms with Crippen molar-refractivity contribution in [2.75, 3.05) is 0 Å². The standard InChI is InChI=1S/C24H12N4S2/c1-3-9-15-13(7-1)25-20-19(24-29-17-11-5-6-12-18(17)30-24)21-23(22(20)27-15)28-16-10-4-2-8-14(16)26-21/h1-12H. The van der Waals surface area contributed by atoms with Crippen molar-refractivity contribution in [3.63, 3.8) is 0 Å². The van der Waals surface area contributed by atoms with E-state index in [4.69, 9.17) is 19.9 Å². The highest BCUT2D eigenvalue weighted by Crippen LogP contribution is 2.57. The summed E-state index contributed by atoms with van der Waals surface area (Å²) in [6.45, 7) is 0. The first-order chi connectivity index (χ1) is 14.8. The van der Waals surface area contributed by atoms with Gasteiger partial charge in [-0.25, -0.2) is 19.9 Å². The van der Waals surface area contributed by atoms with Gasteiger partial charge < -0.3 is 0 Å². The van der Waals surface area contributed by atoms with Crippen LogP contribution in [0.5, 0.6) is 0 Å². The summed E-state index contributed by atoms with van der Waals surface area (Å²) in [7, 11) is 0. The molecule has 140 valence electrons. The molecule has 7 rings (SSSR count). The molecule has 0 unspecified atom stereocenters. The molecule has 5 aromatic rings. The van der Waals surface area contributed by atoms with E-state index in [2.05, 4.69) is 24.3 Å². The lowest BCUT2D eigenvalue weighted by atomic mass is 10.2. The first-order valence-electron chi connectivity index (χ1n) is 9.59. The van der Waals surface area contributed by atoms with Crippen molar-refractivity contribution >= 4 is 51.2 Å². The van der Waals surface area contributed by atoms with Crippen LogP contribution in [0.1, 0.15) is 11.4 Å². The first-order valence-corrected chi connectivity index (χ1v) is 11.2. The van der Waals surface area contributed by atoms with Gasteiger partial charge in [0.15, 0.2) is 0 Å². The zero-order chi connectivity index (χ0) is 19.7. The van der Waals surface area contributed by atoms with Gasteiger partial charge in [0.1, 0.15) is 22.8 Å². The summed E-state index contributed by atoms with van der Waals surface area (Å²) in [5.41, 5.74) is 7.96. The number of benzene rings is 3. The molecule has 2 aliphatic rings. The second-order valence-corrected chi connectivity index (χ2v) is 9.50. The number of aromatic nitrogens is 4. The third-order valence-corrected chi connectivity index (χ3v) is 7.86. The summed E-state index contributed by atoms with van der Waals surface area (Å²) in [5.74, 6) is 0. The second kappa shape index (κ2) is 6.14. The van der Waals surface area contributed by atoms with E-state index in [1.807, 2.05) is 48.5 Å². The van der Waals surface area contributed by atoms with E-state index in [-0.39, 0.29) is 0 Å². The van der Waals surface area contributed by atoms with E-state index in [0.717, 1.165) is 50.4 Å².